The maximum atomic E-state index is 14.2. The van der Waals surface area contributed by atoms with Crippen LogP contribution in [-0.4, -0.2) is 25.2 Å². The molecule has 2 aliphatic heterocycles. The van der Waals surface area contributed by atoms with Crippen LogP contribution in [0.1, 0.15) is 30.5 Å². The van der Waals surface area contributed by atoms with Crippen molar-refractivity contribution < 1.29 is 31.5 Å². The van der Waals surface area contributed by atoms with E-state index >= 15 is 0 Å². The minimum atomic E-state index is -2.20. The zero-order valence-corrected chi connectivity index (χ0v) is 16.2. The normalized spacial score (nSPS) is 21.9. The average molecular weight is 423 g/mol. The molecule has 4 rings (SSSR count). The molecule has 158 valence electrons. The lowest BCUT2D eigenvalue weighted by Gasteiger charge is -2.39. The van der Waals surface area contributed by atoms with Gasteiger partial charge in [0, 0.05) is 24.1 Å². The molecule has 3 nitrogen and oxygen atoms in total. The van der Waals surface area contributed by atoms with E-state index in [-0.39, 0.29) is 6.42 Å². The van der Waals surface area contributed by atoms with Crippen molar-refractivity contribution in [2.75, 3.05) is 18.1 Å². The van der Waals surface area contributed by atoms with Crippen molar-refractivity contribution in [2.24, 2.45) is 0 Å². The lowest BCUT2D eigenvalue weighted by atomic mass is 9.76. The van der Waals surface area contributed by atoms with Crippen molar-refractivity contribution in [2.45, 2.75) is 31.4 Å². The highest BCUT2D eigenvalue weighted by molar-refractivity contribution is 5.71. The van der Waals surface area contributed by atoms with Gasteiger partial charge in [0.15, 0.2) is 29.0 Å². The highest BCUT2D eigenvalue weighted by Crippen LogP contribution is 2.55. The zero-order chi connectivity index (χ0) is 21.8. The van der Waals surface area contributed by atoms with Gasteiger partial charge in [-0.2, -0.15) is 0 Å². The fraction of sp³-hybridized carbons (Fsp3) is 0.318. The molecule has 0 bridgehead atoms. The SMILES string of the molecule is CC1(C)c2cc(CC=O)ccc2N2CCOC21/C=C/c1c(F)c(F)c(F)c(F)c1F. The highest BCUT2D eigenvalue weighted by atomic mass is 19.2. The quantitative estimate of drug-likeness (QED) is 0.310. The molecule has 0 aromatic heterocycles. The Balaban J connectivity index is 1.84. The molecule has 1 saturated heterocycles. The molecule has 0 saturated carbocycles. The van der Waals surface area contributed by atoms with Gasteiger partial charge in [-0.1, -0.05) is 26.0 Å². The lowest BCUT2D eigenvalue weighted by Crippen LogP contribution is -2.51. The molecule has 0 spiro atoms. The zero-order valence-electron chi connectivity index (χ0n) is 16.2. The molecule has 2 aliphatic rings. The van der Waals surface area contributed by atoms with Crippen LogP contribution < -0.4 is 4.90 Å². The Morgan fingerprint density at radius 2 is 1.67 bits per heavy atom. The Labute approximate surface area is 169 Å². The monoisotopic (exact) mass is 423 g/mol. The Hall–Kier alpha value is -2.74. The van der Waals surface area contributed by atoms with Crippen molar-refractivity contribution >= 4 is 18.0 Å². The molecule has 0 radical (unpaired) electrons. The van der Waals surface area contributed by atoms with Crippen LogP contribution in [0.5, 0.6) is 0 Å². The molecular weight excluding hydrogens is 405 g/mol. The van der Waals surface area contributed by atoms with Gasteiger partial charge in [0.1, 0.15) is 6.29 Å². The third kappa shape index (κ3) is 2.62. The number of fused-ring (bicyclic) bond motifs is 3. The summed E-state index contributed by atoms with van der Waals surface area (Å²) < 4.78 is 74.8. The Morgan fingerprint density at radius 3 is 2.30 bits per heavy atom. The van der Waals surface area contributed by atoms with E-state index < -0.39 is 45.8 Å². The third-order valence-electron chi connectivity index (χ3n) is 6.00. The first-order valence-electron chi connectivity index (χ1n) is 9.35. The van der Waals surface area contributed by atoms with Gasteiger partial charge in [-0.05, 0) is 29.3 Å². The molecule has 0 amide bonds. The molecule has 2 aromatic carbocycles. The maximum Gasteiger partial charge on any atom is 0.200 e. The minimum Gasteiger partial charge on any atom is -0.349 e. The van der Waals surface area contributed by atoms with Crippen molar-refractivity contribution in [3.63, 3.8) is 0 Å². The number of rotatable bonds is 4. The molecule has 0 N–H and O–H groups in total. The van der Waals surface area contributed by atoms with Crippen LogP contribution in [-0.2, 0) is 21.4 Å². The molecule has 2 heterocycles. The first-order valence-corrected chi connectivity index (χ1v) is 9.35. The summed E-state index contributed by atoms with van der Waals surface area (Å²) in [7, 11) is 0. The van der Waals surface area contributed by atoms with Crippen LogP contribution in [0, 0.1) is 29.1 Å². The second-order valence-electron chi connectivity index (χ2n) is 7.86. The van der Waals surface area contributed by atoms with Gasteiger partial charge in [0.05, 0.1) is 12.2 Å². The van der Waals surface area contributed by atoms with Crippen molar-refractivity contribution in [1.29, 1.82) is 0 Å². The summed E-state index contributed by atoms with van der Waals surface area (Å²) >= 11 is 0. The van der Waals surface area contributed by atoms with Crippen molar-refractivity contribution in [3.8, 4) is 0 Å². The topological polar surface area (TPSA) is 29.5 Å². The van der Waals surface area contributed by atoms with E-state index in [1.165, 1.54) is 6.08 Å². The number of anilines is 1. The standard InChI is InChI=1S/C22H18F5NO2/c1-21(2)14-11-12(6-9-29)3-4-15(14)28-8-10-30-22(21,28)7-5-13-16(23)18(25)20(27)19(26)17(13)24/h3-5,7,9,11H,6,8,10H2,1-2H3/b7-5+. The number of benzene rings is 2. The molecular formula is C22H18F5NO2. The van der Waals surface area contributed by atoms with Crippen LogP contribution in [0.15, 0.2) is 24.3 Å². The number of nitrogens with zero attached hydrogens (tertiary/aromatic N) is 1. The summed E-state index contributed by atoms with van der Waals surface area (Å²) in [6.07, 6.45) is 3.25. The van der Waals surface area contributed by atoms with E-state index in [1.54, 1.807) is 0 Å². The fourth-order valence-electron chi connectivity index (χ4n) is 4.40. The molecule has 1 fully saturated rings. The summed E-state index contributed by atoms with van der Waals surface area (Å²) in [6, 6.07) is 5.53. The second kappa shape index (κ2) is 6.91. The number of halogens is 5. The predicted octanol–water partition coefficient (Wildman–Crippen LogP) is 4.66. The van der Waals surface area contributed by atoms with Gasteiger partial charge in [-0.25, -0.2) is 22.0 Å². The van der Waals surface area contributed by atoms with Crippen LogP contribution in [0.4, 0.5) is 27.6 Å². The van der Waals surface area contributed by atoms with Crippen LogP contribution in [0.2, 0.25) is 0 Å². The molecule has 2 aromatic rings. The summed E-state index contributed by atoms with van der Waals surface area (Å²) in [4.78, 5) is 12.8. The molecule has 1 atom stereocenters. The first-order chi connectivity index (χ1) is 14.2. The van der Waals surface area contributed by atoms with Crippen molar-refractivity contribution in [1.82, 2.24) is 0 Å². The summed E-state index contributed by atoms with van der Waals surface area (Å²) in [5.74, 6) is -9.99. The number of carbonyl (C=O) groups excluding carboxylic acids is 1. The number of ether oxygens (including phenoxy) is 1. The molecule has 1 unspecified atom stereocenters. The summed E-state index contributed by atoms with van der Waals surface area (Å²) in [6.45, 7) is 4.53. The van der Waals surface area contributed by atoms with E-state index in [0.29, 0.717) is 13.2 Å². The Bertz CT molecular complexity index is 1050. The summed E-state index contributed by atoms with van der Waals surface area (Å²) in [5, 5.41) is 0. The highest BCUT2D eigenvalue weighted by Gasteiger charge is 2.59. The number of carbonyl (C=O) groups is 1. The summed E-state index contributed by atoms with van der Waals surface area (Å²) in [5.41, 5.74) is -0.451. The van der Waals surface area contributed by atoms with Gasteiger partial charge >= 0.3 is 0 Å². The van der Waals surface area contributed by atoms with Gasteiger partial charge in [-0.15, -0.1) is 0 Å². The first kappa shape index (κ1) is 20.5. The van der Waals surface area contributed by atoms with Gasteiger partial charge in [0.2, 0.25) is 5.82 Å². The van der Waals surface area contributed by atoms with Crippen LogP contribution in [0.25, 0.3) is 6.08 Å². The second-order valence-corrected chi connectivity index (χ2v) is 7.86. The number of aldehydes is 1. The Morgan fingerprint density at radius 1 is 1.03 bits per heavy atom. The van der Waals surface area contributed by atoms with E-state index in [9.17, 15) is 26.7 Å². The predicted molar refractivity (Wildman–Crippen MR) is 101 cm³/mol. The average Bonchev–Trinajstić information content (AvgIpc) is 3.22. The van der Waals surface area contributed by atoms with E-state index in [2.05, 4.69) is 0 Å². The van der Waals surface area contributed by atoms with Gasteiger partial charge in [-0.3, -0.25) is 0 Å². The van der Waals surface area contributed by atoms with Gasteiger partial charge < -0.3 is 14.4 Å². The lowest BCUT2D eigenvalue weighted by molar-refractivity contribution is -0.107. The largest absolute Gasteiger partial charge is 0.349 e. The minimum absolute atomic E-state index is 0.234. The van der Waals surface area contributed by atoms with E-state index in [4.69, 9.17) is 4.74 Å². The fourth-order valence-corrected chi connectivity index (χ4v) is 4.40. The number of hydrogen-bond acceptors (Lipinski definition) is 3. The molecule has 30 heavy (non-hydrogen) atoms. The third-order valence-corrected chi connectivity index (χ3v) is 6.00. The van der Waals surface area contributed by atoms with Crippen molar-refractivity contribution in [3.05, 3.63) is 70.1 Å². The van der Waals surface area contributed by atoms with E-state index in [0.717, 1.165) is 29.2 Å². The maximum absolute atomic E-state index is 14.2. The molecule has 0 aliphatic carbocycles. The van der Waals surface area contributed by atoms with E-state index in [1.807, 2.05) is 36.9 Å². The molecule has 8 heteroatoms. The van der Waals surface area contributed by atoms with Crippen LogP contribution in [0.3, 0.4) is 0 Å². The smallest absolute Gasteiger partial charge is 0.200 e. The number of hydrogen-bond donors (Lipinski definition) is 0. The van der Waals surface area contributed by atoms with Crippen LogP contribution >= 0.6 is 0 Å². The Kier molecular flexibility index (Phi) is 4.73. The van der Waals surface area contributed by atoms with Gasteiger partial charge in [0.25, 0.3) is 0 Å².